The maximum atomic E-state index is 11.8. The minimum absolute atomic E-state index is 0.146. The standard InChI is InChI=1S/C17H26N2O2/c1-4-5-6-17(20)18-12-15(19(2)3)13-7-8-16-14(11-13)9-10-21-16/h7-8,11,15H,4-6,9-10,12H2,1-3H3,(H,18,20). The average Bonchev–Trinajstić information content (AvgIpc) is 2.92. The molecule has 1 atom stereocenters. The first kappa shape index (κ1) is 15.8. The molecule has 2 rings (SSSR count). The van der Waals surface area contributed by atoms with Crippen LogP contribution in [0.5, 0.6) is 5.75 Å². The van der Waals surface area contributed by atoms with Crippen LogP contribution in [0.25, 0.3) is 0 Å². The Morgan fingerprint density at radius 3 is 2.95 bits per heavy atom. The fourth-order valence-corrected chi connectivity index (χ4v) is 2.65. The summed E-state index contributed by atoms with van der Waals surface area (Å²) in [7, 11) is 4.10. The predicted molar refractivity (Wildman–Crippen MR) is 84.6 cm³/mol. The van der Waals surface area contributed by atoms with E-state index < -0.39 is 0 Å². The number of nitrogens with zero attached hydrogens (tertiary/aromatic N) is 1. The first-order valence-electron chi connectivity index (χ1n) is 7.80. The van der Waals surface area contributed by atoms with Gasteiger partial charge in [-0.1, -0.05) is 25.5 Å². The molecule has 1 heterocycles. The number of ether oxygens (including phenoxy) is 1. The Morgan fingerprint density at radius 2 is 2.24 bits per heavy atom. The molecule has 1 aliphatic rings. The zero-order chi connectivity index (χ0) is 15.2. The van der Waals surface area contributed by atoms with E-state index in [0.29, 0.717) is 13.0 Å². The summed E-state index contributed by atoms with van der Waals surface area (Å²) in [4.78, 5) is 13.9. The molecule has 0 saturated heterocycles. The predicted octanol–water partition coefficient (Wildman–Crippen LogP) is 2.53. The highest BCUT2D eigenvalue weighted by Crippen LogP contribution is 2.29. The van der Waals surface area contributed by atoms with Gasteiger partial charge in [-0.15, -0.1) is 0 Å². The van der Waals surface area contributed by atoms with Crippen LogP contribution in [0.15, 0.2) is 18.2 Å². The van der Waals surface area contributed by atoms with Crippen LogP contribution < -0.4 is 10.1 Å². The Bertz CT molecular complexity index is 486. The zero-order valence-electron chi connectivity index (χ0n) is 13.3. The van der Waals surface area contributed by atoms with Crippen LogP contribution in [0.4, 0.5) is 0 Å². The van der Waals surface area contributed by atoms with E-state index in [2.05, 4.69) is 29.3 Å². The molecule has 21 heavy (non-hydrogen) atoms. The quantitative estimate of drug-likeness (QED) is 0.839. The van der Waals surface area contributed by atoms with Crippen LogP contribution in [0, 0.1) is 0 Å². The molecule has 1 aliphatic heterocycles. The summed E-state index contributed by atoms with van der Waals surface area (Å²) in [5, 5.41) is 3.05. The number of carbonyl (C=O) groups excluding carboxylic acids is 1. The molecule has 1 aromatic carbocycles. The summed E-state index contributed by atoms with van der Waals surface area (Å²) in [5.41, 5.74) is 2.51. The number of hydrogen-bond acceptors (Lipinski definition) is 3. The van der Waals surface area contributed by atoms with Gasteiger partial charge >= 0.3 is 0 Å². The molecule has 4 heteroatoms. The maximum absolute atomic E-state index is 11.8. The number of benzene rings is 1. The summed E-state index contributed by atoms with van der Waals surface area (Å²) in [6, 6.07) is 6.56. The molecule has 0 fully saturated rings. The summed E-state index contributed by atoms with van der Waals surface area (Å²) in [6.45, 7) is 3.52. The Hall–Kier alpha value is -1.55. The molecule has 1 amide bonds. The van der Waals surface area contributed by atoms with E-state index in [1.54, 1.807) is 0 Å². The summed E-state index contributed by atoms with van der Waals surface area (Å²) < 4.78 is 5.55. The Balaban J connectivity index is 2.00. The summed E-state index contributed by atoms with van der Waals surface area (Å²) in [5.74, 6) is 1.15. The zero-order valence-corrected chi connectivity index (χ0v) is 13.3. The van der Waals surface area contributed by atoms with Crippen molar-refractivity contribution in [2.75, 3.05) is 27.2 Å². The fraction of sp³-hybridized carbons (Fsp3) is 0.588. The molecule has 0 aromatic heterocycles. The van der Waals surface area contributed by atoms with Gasteiger partial charge in [-0.05, 0) is 37.7 Å². The summed E-state index contributed by atoms with van der Waals surface area (Å²) in [6.07, 6.45) is 3.60. The van der Waals surface area contributed by atoms with E-state index in [1.807, 2.05) is 20.2 Å². The van der Waals surface area contributed by atoms with Gasteiger partial charge in [-0.3, -0.25) is 4.79 Å². The number of hydrogen-bond donors (Lipinski definition) is 1. The minimum atomic E-state index is 0.146. The third kappa shape index (κ3) is 4.21. The topological polar surface area (TPSA) is 41.6 Å². The van der Waals surface area contributed by atoms with Gasteiger partial charge in [-0.25, -0.2) is 0 Å². The minimum Gasteiger partial charge on any atom is -0.493 e. The lowest BCUT2D eigenvalue weighted by atomic mass is 10.0. The lowest BCUT2D eigenvalue weighted by molar-refractivity contribution is -0.121. The SMILES string of the molecule is CCCCC(=O)NCC(c1ccc2c(c1)CCO2)N(C)C. The molecule has 0 spiro atoms. The number of amides is 1. The van der Waals surface area contributed by atoms with Gasteiger partial charge in [0.25, 0.3) is 0 Å². The van der Waals surface area contributed by atoms with E-state index in [-0.39, 0.29) is 11.9 Å². The van der Waals surface area contributed by atoms with E-state index in [9.17, 15) is 4.79 Å². The van der Waals surface area contributed by atoms with Crippen molar-refractivity contribution in [2.45, 2.75) is 38.6 Å². The molecule has 0 aliphatic carbocycles. The third-order valence-electron chi connectivity index (χ3n) is 3.97. The third-order valence-corrected chi connectivity index (χ3v) is 3.97. The van der Waals surface area contributed by atoms with Crippen molar-refractivity contribution in [3.05, 3.63) is 29.3 Å². The average molecular weight is 290 g/mol. The van der Waals surface area contributed by atoms with Crippen molar-refractivity contribution in [2.24, 2.45) is 0 Å². The van der Waals surface area contributed by atoms with Crippen LogP contribution >= 0.6 is 0 Å². The molecule has 4 nitrogen and oxygen atoms in total. The second-order valence-electron chi connectivity index (χ2n) is 5.85. The van der Waals surface area contributed by atoms with Crippen molar-refractivity contribution in [1.29, 1.82) is 0 Å². The van der Waals surface area contributed by atoms with E-state index >= 15 is 0 Å². The highest BCUT2D eigenvalue weighted by atomic mass is 16.5. The largest absolute Gasteiger partial charge is 0.493 e. The highest BCUT2D eigenvalue weighted by Gasteiger charge is 2.19. The van der Waals surface area contributed by atoms with Crippen LogP contribution in [0.3, 0.4) is 0 Å². The van der Waals surface area contributed by atoms with Gasteiger partial charge in [0.05, 0.1) is 12.6 Å². The molecule has 0 bridgehead atoms. The Kier molecular flexibility index (Phi) is 5.62. The lowest BCUT2D eigenvalue weighted by Crippen LogP contribution is -2.34. The van der Waals surface area contributed by atoms with Crippen molar-refractivity contribution in [3.8, 4) is 5.75 Å². The Morgan fingerprint density at radius 1 is 1.43 bits per heavy atom. The molecule has 1 unspecified atom stereocenters. The van der Waals surface area contributed by atoms with Crippen LogP contribution in [-0.4, -0.2) is 38.1 Å². The highest BCUT2D eigenvalue weighted by molar-refractivity contribution is 5.75. The van der Waals surface area contributed by atoms with E-state index in [1.165, 1.54) is 11.1 Å². The number of carbonyl (C=O) groups is 1. The van der Waals surface area contributed by atoms with Crippen LogP contribution in [0.1, 0.15) is 43.4 Å². The van der Waals surface area contributed by atoms with Gasteiger partial charge in [0.15, 0.2) is 0 Å². The maximum Gasteiger partial charge on any atom is 0.220 e. The normalized spacial score (nSPS) is 14.7. The van der Waals surface area contributed by atoms with Gasteiger partial charge in [0, 0.05) is 19.4 Å². The second-order valence-corrected chi connectivity index (χ2v) is 5.85. The number of nitrogens with one attached hydrogen (secondary N) is 1. The molecular weight excluding hydrogens is 264 g/mol. The lowest BCUT2D eigenvalue weighted by Gasteiger charge is -2.25. The molecule has 0 saturated carbocycles. The molecule has 0 radical (unpaired) electrons. The van der Waals surface area contributed by atoms with Gasteiger partial charge in [0.1, 0.15) is 5.75 Å². The number of likely N-dealkylation sites (N-methyl/N-ethyl adjacent to an activating group) is 1. The summed E-state index contributed by atoms with van der Waals surface area (Å²) >= 11 is 0. The molecular formula is C17H26N2O2. The van der Waals surface area contributed by atoms with Crippen molar-refractivity contribution in [1.82, 2.24) is 10.2 Å². The van der Waals surface area contributed by atoms with Gasteiger partial charge in [0.2, 0.25) is 5.91 Å². The van der Waals surface area contributed by atoms with Gasteiger partial charge < -0.3 is 15.0 Å². The fourth-order valence-electron chi connectivity index (χ4n) is 2.65. The number of unbranched alkanes of at least 4 members (excludes halogenated alkanes) is 1. The smallest absolute Gasteiger partial charge is 0.220 e. The second kappa shape index (κ2) is 7.46. The van der Waals surface area contributed by atoms with Gasteiger partial charge in [-0.2, -0.15) is 0 Å². The van der Waals surface area contributed by atoms with Crippen molar-refractivity contribution < 1.29 is 9.53 Å². The van der Waals surface area contributed by atoms with Crippen molar-refractivity contribution >= 4 is 5.91 Å². The van der Waals surface area contributed by atoms with Crippen LogP contribution in [-0.2, 0) is 11.2 Å². The molecule has 116 valence electrons. The number of rotatable bonds is 7. The molecule has 1 aromatic rings. The molecule has 1 N–H and O–H groups in total. The van der Waals surface area contributed by atoms with E-state index in [4.69, 9.17) is 4.74 Å². The monoisotopic (exact) mass is 290 g/mol. The first-order chi connectivity index (χ1) is 10.1. The first-order valence-corrected chi connectivity index (χ1v) is 7.80. The Labute approximate surface area is 127 Å². The number of fused-ring (bicyclic) bond motifs is 1. The van der Waals surface area contributed by atoms with Crippen LogP contribution in [0.2, 0.25) is 0 Å². The van der Waals surface area contributed by atoms with E-state index in [0.717, 1.165) is 31.6 Å². The van der Waals surface area contributed by atoms with Crippen molar-refractivity contribution in [3.63, 3.8) is 0 Å².